The van der Waals surface area contributed by atoms with Crippen LogP contribution in [0.2, 0.25) is 5.02 Å². The standard InChI is InChI=1S/C22H18ClFN2O/c1-27-18-12-8-16(9-13-18)22-14-20(15-6-10-17(24)11-7-15)25-26(22)21-5-3-2-4-19(21)23/h2-13,22H,14H2,1H3/t22-/m0/s1. The van der Waals surface area contributed by atoms with Crippen LogP contribution in [0, 0.1) is 5.82 Å². The van der Waals surface area contributed by atoms with Crippen LogP contribution in [0.15, 0.2) is 77.9 Å². The summed E-state index contributed by atoms with van der Waals surface area (Å²) < 4.78 is 18.6. The maximum atomic E-state index is 13.3. The Hall–Kier alpha value is -2.85. The van der Waals surface area contributed by atoms with E-state index < -0.39 is 0 Å². The van der Waals surface area contributed by atoms with Gasteiger partial charge in [0.15, 0.2) is 0 Å². The molecule has 1 heterocycles. The van der Waals surface area contributed by atoms with Crippen LogP contribution in [0.3, 0.4) is 0 Å². The first-order chi connectivity index (χ1) is 13.2. The first kappa shape index (κ1) is 17.6. The van der Waals surface area contributed by atoms with Crippen LogP contribution in [-0.2, 0) is 0 Å². The zero-order valence-electron chi connectivity index (χ0n) is 14.8. The maximum absolute atomic E-state index is 13.3. The summed E-state index contributed by atoms with van der Waals surface area (Å²) in [5, 5.41) is 7.42. The molecule has 0 amide bonds. The van der Waals surface area contributed by atoms with E-state index in [1.807, 2.05) is 53.5 Å². The molecule has 0 aliphatic carbocycles. The van der Waals surface area contributed by atoms with Gasteiger partial charge in [-0.25, -0.2) is 4.39 Å². The van der Waals surface area contributed by atoms with Crippen molar-refractivity contribution in [3.05, 3.63) is 94.8 Å². The first-order valence-electron chi connectivity index (χ1n) is 8.67. The second-order valence-corrected chi connectivity index (χ2v) is 6.75. The molecule has 3 nitrogen and oxygen atoms in total. The normalized spacial score (nSPS) is 16.3. The molecule has 0 fully saturated rings. The molecule has 0 radical (unpaired) electrons. The van der Waals surface area contributed by atoms with E-state index in [0.29, 0.717) is 11.4 Å². The first-order valence-corrected chi connectivity index (χ1v) is 9.04. The Morgan fingerprint density at radius 1 is 1.00 bits per heavy atom. The fourth-order valence-corrected chi connectivity index (χ4v) is 3.49. The number of methoxy groups -OCH3 is 1. The van der Waals surface area contributed by atoms with E-state index in [2.05, 4.69) is 0 Å². The van der Waals surface area contributed by atoms with Gasteiger partial charge in [0.25, 0.3) is 0 Å². The summed E-state index contributed by atoms with van der Waals surface area (Å²) in [5.74, 6) is 0.549. The minimum absolute atomic E-state index is 0.00383. The summed E-state index contributed by atoms with van der Waals surface area (Å²) in [6.45, 7) is 0. The zero-order valence-corrected chi connectivity index (χ0v) is 15.5. The van der Waals surface area contributed by atoms with Crippen molar-refractivity contribution in [1.29, 1.82) is 0 Å². The third-order valence-electron chi connectivity index (χ3n) is 4.69. The van der Waals surface area contributed by atoms with Gasteiger partial charge in [-0.3, -0.25) is 5.01 Å². The maximum Gasteiger partial charge on any atom is 0.123 e. The number of benzene rings is 3. The second kappa shape index (κ2) is 7.41. The smallest absolute Gasteiger partial charge is 0.123 e. The Morgan fingerprint density at radius 2 is 1.70 bits per heavy atom. The zero-order chi connectivity index (χ0) is 18.8. The van der Waals surface area contributed by atoms with Crippen LogP contribution >= 0.6 is 11.6 Å². The average Bonchev–Trinajstić information content (AvgIpc) is 3.14. The predicted molar refractivity (Wildman–Crippen MR) is 107 cm³/mol. The third-order valence-corrected chi connectivity index (χ3v) is 5.01. The lowest BCUT2D eigenvalue weighted by Crippen LogP contribution is -2.18. The van der Waals surface area contributed by atoms with Crippen molar-refractivity contribution >= 4 is 23.0 Å². The molecule has 1 aliphatic rings. The van der Waals surface area contributed by atoms with E-state index >= 15 is 0 Å². The van der Waals surface area contributed by atoms with E-state index in [9.17, 15) is 4.39 Å². The average molecular weight is 381 g/mol. The molecule has 0 saturated carbocycles. The molecule has 0 unspecified atom stereocenters. The number of hydrogen-bond donors (Lipinski definition) is 0. The van der Waals surface area contributed by atoms with Crippen molar-refractivity contribution < 1.29 is 9.13 Å². The van der Waals surface area contributed by atoms with Gasteiger partial charge in [-0.05, 0) is 47.5 Å². The molecule has 1 aliphatic heterocycles. The lowest BCUT2D eigenvalue weighted by atomic mass is 9.98. The van der Waals surface area contributed by atoms with Gasteiger partial charge in [0.1, 0.15) is 11.6 Å². The van der Waals surface area contributed by atoms with Crippen LogP contribution in [0.1, 0.15) is 23.6 Å². The highest BCUT2D eigenvalue weighted by molar-refractivity contribution is 6.33. The molecular formula is C22H18ClFN2O. The summed E-state index contributed by atoms with van der Waals surface area (Å²) in [5.41, 5.74) is 3.76. The highest BCUT2D eigenvalue weighted by Gasteiger charge is 2.31. The number of anilines is 1. The van der Waals surface area contributed by atoms with E-state index in [1.54, 1.807) is 19.2 Å². The van der Waals surface area contributed by atoms with Gasteiger partial charge >= 0.3 is 0 Å². The van der Waals surface area contributed by atoms with Crippen molar-refractivity contribution in [3.8, 4) is 5.75 Å². The summed E-state index contributed by atoms with van der Waals surface area (Å²) >= 11 is 6.44. The van der Waals surface area contributed by atoms with Crippen molar-refractivity contribution in [3.63, 3.8) is 0 Å². The molecule has 1 atom stereocenters. The van der Waals surface area contributed by atoms with Gasteiger partial charge in [-0.15, -0.1) is 0 Å². The van der Waals surface area contributed by atoms with Crippen molar-refractivity contribution in [2.24, 2.45) is 5.10 Å². The Morgan fingerprint density at radius 3 is 2.37 bits per heavy atom. The molecule has 0 N–H and O–H groups in total. The number of ether oxygens (including phenoxy) is 1. The predicted octanol–water partition coefficient (Wildman–Crippen LogP) is 5.84. The number of nitrogens with zero attached hydrogens (tertiary/aromatic N) is 2. The van der Waals surface area contributed by atoms with Crippen LogP contribution in [0.5, 0.6) is 5.75 Å². The van der Waals surface area contributed by atoms with Crippen LogP contribution in [-0.4, -0.2) is 12.8 Å². The SMILES string of the molecule is COc1ccc([C@@H]2CC(c3ccc(F)cc3)=NN2c2ccccc2Cl)cc1. The topological polar surface area (TPSA) is 24.8 Å². The Balaban J connectivity index is 1.75. The van der Waals surface area contributed by atoms with Gasteiger partial charge in [0.05, 0.1) is 29.6 Å². The summed E-state index contributed by atoms with van der Waals surface area (Å²) in [6, 6.07) is 22.0. The molecule has 0 spiro atoms. The minimum Gasteiger partial charge on any atom is -0.497 e. The second-order valence-electron chi connectivity index (χ2n) is 6.34. The monoisotopic (exact) mass is 380 g/mol. The number of hydrogen-bond acceptors (Lipinski definition) is 3. The van der Waals surface area contributed by atoms with Gasteiger partial charge in [-0.1, -0.05) is 48.0 Å². The summed E-state index contributed by atoms with van der Waals surface area (Å²) in [6.07, 6.45) is 0.698. The van der Waals surface area contributed by atoms with Crippen LogP contribution in [0.4, 0.5) is 10.1 Å². The van der Waals surface area contributed by atoms with Crippen LogP contribution < -0.4 is 9.75 Å². The fraction of sp³-hybridized carbons (Fsp3) is 0.136. The largest absolute Gasteiger partial charge is 0.497 e. The lowest BCUT2D eigenvalue weighted by molar-refractivity contribution is 0.414. The number of rotatable bonds is 4. The molecule has 27 heavy (non-hydrogen) atoms. The number of halogens is 2. The van der Waals surface area contributed by atoms with Crippen molar-refractivity contribution in [2.75, 3.05) is 12.1 Å². The molecule has 0 aromatic heterocycles. The van der Waals surface area contributed by atoms with E-state index in [1.165, 1.54) is 12.1 Å². The third kappa shape index (κ3) is 3.53. The van der Waals surface area contributed by atoms with Crippen molar-refractivity contribution in [1.82, 2.24) is 0 Å². The number of hydrazone groups is 1. The molecule has 4 rings (SSSR count). The molecule has 3 aromatic carbocycles. The lowest BCUT2D eigenvalue weighted by Gasteiger charge is -2.25. The van der Waals surface area contributed by atoms with Gasteiger partial charge in [0, 0.05) is 6.42 Å². The molecule has 136 valence electrons. The van der Waals surface area contributed by atoms with Crippen LogP contribution in [0.25, 0.3) is 0 Å². The van der Waals surface area contributed by atoms with Gasteiger partial charge < -0.3 is 4.74 Å². The fourth-order valence-electron chi connectivity index (χ4n) is 3.27. The number of para-hydroxylation sites is 1. The molecule has 3 aromatic rings. The van der Waals surface area contributed by atoms with Gasteiger partial charge in [-0.2, -0.15) is 5.10 Å². The van der Waals surface area contributed by atoms with Crippen molar-refractivity contribution in [2.45, 2.75) is 12.5 Å². The molecule has 0 bridgehead atoms. The van der Waals surface area contributed by atoms with Gasteiger partial charge in [0.2, 0.25) is 0 Å². The molecule has 5 heteroatoms. The quantitative estimate of drug-likeness (QED) is 0.567. The summed E-state index contributed by atoms with van der Waals surface area (Å²) in [7, 11) is 1.65. The Bertz CT molecular complexity index is 970. The Kier molecular flexibility index (Phi) is 4.82. The van der Waals surface area contributed by atoms with E-state index in [-0.39, 0.29) is 11.9 Å². The minimum atomic E-state index is -0.257. The Labute approximate surface area is 162 Å². The van der Waals surface area contributed by atoms with E-state index in [0.717, 1.165) is 28.3 Å². The highest BCUT2D eigenvalue weighted by Crippen LogP contribution is 2.39. The molecule has 0 saturated heterocycles. The summed E-state index contributed by atoms with van der Waals surface area (Å²) in [4.78, 5) is 0. The van der Waals surface area contributed by atoms with E-state index in [4.69, 9.17) is 21.4 Å². The highest BCUT2D eigenvalue weighted by atomic mass is 35.5. The molecular weight excluding hydrogens is 363 g/mol.